The van der Waals surface area contributed by atoms with Crippen molar-refractivity contribution in [2.24, 2.45) is 17.6 Å². The third kappa shape index (κ3) is 4.11. The fourth-order valence-electron chi connectivity index (χ4n) is 2.45. The predicted octanol–water partition coefficient (Wildman–Crippen LogP) is 1.58. The van der Waals surface area contributed by atoms with Crippen LogP contribution in [0.3, 0.4) is 0 Å². The molecule has 3 nitrogen and oxygen atoms in total. The predicted molar refractivity (Wildman–Crippen MR) is 63.4 cm³/mol. The van der Waals surface area contributed by atoms with Gasteiger partial charge in [0.05, 0.1) is 5.75 Å². The maximum atomic E-state index is 11.4. The van der Waals surface area contributed by atoms with Gasteiger partial charge in [0.2, 0.25) is 0 Å². The first-order valence-corrected chi connectivity index (χ1v) is 7.81. The zero-order valence-electron chi connectivity index (χ0n) is 9.61. The monoisotopic (exact) mass is 233 g/mol. The number of sulfone groups is 1. The van der Waals surface area contributed by atoms with Crippen molar-refractivity contribution in [1.82, 2.24) is 0 Å². The Bertz CT molecular complexity index is 274. The van der Waals surface area contributed by atoms with E-state index in [1.807, 2.05) is 0 Å². The van der Waals surface area contributed by atoms with E-state index in [9.17, 15) is 8.42 Å². The van der Waals surface area contributed by atoms with E-state index in [1.54, 1.807) is 6.92 Å². The van der Waals surface area contributed by atoms with E-state index in [2.05, 4.69) is 0 Å². The molecule has 1 rings (SSSR count). The second kappa shape index (κ2) is 5.85. The van der Waals surface area contributed by atoms with E-state index in [-0.39, 0.29) is 5.75 Å². The first-order valence-electron chi connectivity index (χ1n) is 5.99. The smallest absolute Gasteiger partial charge is 0.150 e. The molecule has 1 fully saturated rings. The van der Waals surface area contributed by atoms with Crippen molar-refractivity contribution >= 4 is 9.84 Å². The van der Waals surface area contributed by atoms with Crippen LogP contribution < -0.4 is 5.73 Å². The van der Waals surface area contributed by atoms with Gasteiger partial charge in [0.25, 0.3) is 0 Å². The number of hydrogen-bond acceptors (Lipinski definition) is 3. The summed E-state index contributed by atoms with van der Waals surface area (Å²) in [6.45, 7) is 2.44. The largest absolute Gasteiger partial charge is 0.330 e. The third-order valence-electron chi connectivity index (χ3n) is 3.61. The van der Waals surface area contributed by atoms with E-state index in [0.29, 0.717) is 17.6 Å². The van der Waals surface area contributed by atoms with Gasteiger partial charge in [-0.05, 0) is 31.2 Å². The van der Waals surface area contributed by atoms with Gasteiger partial charge in [-0.3, -0.25) is 0 Å². The highest BCUT2D eigenvalue weighted by Crippen LogP contribution is 2.31. The molecule has 0 aliphatic heterocycles. The van der Waals surface area contributed by atoms with Gasteiger partial charge in [-0.25, -0.2) is 8.42 Å². The molecule has 0 aromatic heterocycles. The van der Waals surface area contributed by atoms with Gasteiger partial charge in [-0.2, -0.15) is 0 Å². The van der Waals surface area contributed by atoms with Gasteiger partial charge in [0, 0.05) is 5.75 Å². The topological polar surface area (TPSA) is 60.2 Å². The Kier molecular flexibility index (Phi) is 5.06. The SMILES string of the molecule is CCS(=O)(=O)CCC1CCCCC1CN. The fourth-order valence-corrected chi connectivity index (χ4v) is 3.40. The van der Waals surface area contributed by atoms with Crippen molar-refractivity contribution in [1.29, 1.82) is 0 Å². The van der Waals surface area contributed by atoms with E-state index in [1.165, 1.54) is 25.7 Å². The summed E-state index contributed by atoms with van der Waals surface area (Å²) >= 11 is 0. The molecular formula is C11H23NO2S. The summed E-state index contributed by atoms with van der Waals surface area (Å²) in [6.07, 6.45) is 5.68. The fraction of sp³-hybridized carbons (Fsp3) is 1.00. The lowest BCUT2D eigenvalue weighted by atomic mass is 9.78. The quantitative estimate of drug-likeness (QED) is 0.784. The number of hydrogen-bond donors (Lipinski definition) is 1. The molecule has 0 aromatic carbocycles. The summed E-state index contributed by atoms with van der Waals surface area (Å²) in [4.78, 5) is 0. The molecule has 0 spiro atoms. The molecule has 1 aliphatic rings. The lowest BCUT2D eigenvalue weighted by Gasteiger charge is -2.30. The van der Waals surface area contributed by atoms with Crippen molar-refractivity contribution in [2.75, 3.05) is 18.1 Å². The van der Waals surface area contributed by atoms with Gasteiger partial charge in [-0.15, -0.1) is 0 Å². The van der Waals surface area contributed by atoms with Crippen LogP contribution >= 0.6 is 0 Å². The Morgan fingerprint density at radius 3 is 2.33 bits per heavy atom. The molecule has 0 bridgehead atoms. The highest BCUT2D eigenvalue weighted by Gasteiger charge is 2.24. The lowest BCUT2D eigenvalue weighted by Crippen LogP contribution is -2.28. The summed E-state index contributed by atoms with van der Waals surface area (Å²) in [7, 11) is -2.79. The van der Waals surface area contributed by atoms with Crippen molar-refractivity contribution in [3.63, 3.8) is 0 Å². The van der Waals surface area contributed by atoms with Crippen LogP contribution in [0.2, 0.25) is 0 Å². The molecule has 2 atom stereocenters. The Labute approximate surface area is 93.3 Å². The summed E-state index contributed by atoms with van der Waals surface area (Å²) in [5, 5.41) is 0. The molecule has 90 valence electrons. The maximum absolute atomic E-state index is 11.4. The molecule has 0 saturated heterocycles. The maximum Gasteiger partial charge on any atom is 0.150 e. The van der Waals surface area contributed by atoms with E-state index in [4.69, 9.17) is 5.73 Å². The molecule has 2 unspecified atom stereocenters. The van der Waals surface area contributed by atoms with Crippen LogP contribution in [0, 0.1) is 11.8 Å². The average Bonchev–Trinajstić information content (AvgIpc) is 2.27. The van der Waals surface area contributed by atoms with Crippen LogP contribution in [0.4, 0.5) is 0 Å². The Balaban J connectivity index is 2.42. The van der Waals surface area contributed by atoms with Gasteiger partial charge in [0.15, 0.2) is 0 Å². The first kappa shape index (κ1) is 13.0. The summed E-state index contributed by atoms with van der Waals surface area (Å²) < 4.78 is 22.8. The van der Waals surface area contributed by atoms with Crippen molar-refractivity contribution in [3.05, 3.63) is 0 Å². The molecule has 0 aromatic rings. The number of nitrogens with two attached hydrogens (primary N) is 1. The first-order chi connectivity index (χ1) is 7.09. The Hall–Kier alpha value is -0.0900. The molecular weight excluding hydrogens is 210 g/mol. The minimum atomic E-state index is -2.79. The van der Waals surface area contributed by atoms with E-state index < -0.39 is 9.84 Å². The minimum absolute atomic E-state index is 0.271. The third-order valence-corrected chi connectivity index (χ3v) is 5.35. The van der Waals surface area contributed by atoms with Crippen LogP contribution in [-0.4, -0.2) is 26.5 Å². The van der Waals surface area contributed by atoms with Crippen LogP contribution in [-0.2, 0) is 9.84 Å². The molecule has 0 radical (unpaired) electrons. The van der Waals surface area contributed by atoms with Crippen LogP contribution in [0.5, 0.6) is 0 Å². The van der Waals surface area contributed by atoms with E-state index in [0.717, 1.165) is 13.0 Å². The minimum Gasteiger partial charge on any atom is -0.330 e. The lowest BCUT2D eigenvalue weighted by molar-refractivity contribution is 0.237. The Morgan fingerprint density at radius 1 is 1.20 bits per heavy atom. The molecule has 4 heteroatoms. The van der Waals surface area contributed by atoms with Gasteiger partial charge < -0.3 is 5.73 Å². The normalized spacial score (nSPS) is 27.9. The molecule has 2 N–H and O–H groups in total. The van der Waals surface area contributed by atoms with Crippen molar-refractivity contribution in [3.8, 4) is 0 Å². The number of rotatable bonds is 5. The zero-order valence-corrected chi connectivity index (χ0v) is 10.4. The molecule has 0 heterocycles. The van der Waals surface area contributed by atoms with E-state index >= 15 is 0 Å². The van der Waals surface area contributed by atoms with Crippen LogP contribution in [0.25, 0.3) is 0 Å². The van der Waals surface area contributed by atoms with Crippen molar-refractivity contribution < 1.29 is 8.42 Å². The highest BCUT2D eigenvalue weighted by atomic mass is 32.2. The van der Waals surface area contributed by atoms with Gasteiger partial charge >= 0.3 is 0 Å². The van der Waals surface area contributed by atoms with Crippen molar-refractivity contribution in [2.45, 2.75) is 39.0 Å². The average molecular weight is 233 g/mol. The molecule has 0 amide bonds. The summed E-state index contributed by atoms with van der Waals surface area (Å²) in [5.41, 5.74) is 5.72. The molecule has 1 saturated carbocycles. The summed E-state index contributed by atoms with van der Waals surface area (Å²) in [6, 6.07) is 0. The standard InChI is InChI=1S/C11H23NO2S/c1-2-15(13,14)8-7-10-5-3-4-6-11(10)9-12/h10-11H,2-9,12H2,1H3. The van der Waals surface area contributed by atoms with Crippen LogP contribution in [0.15, 0.2) is 0 Å². The molecule has 15 heavy (non-hydrogen) atoms. The molecule has 1 aliphatic carbocycles. The highest BCUT2D eigenvalue weighted by molar-refractivity contribution is 7.91. The van der Waals surface area contributed by atoms with Gasteiger partial charge in [0.1, 0.15) is 9.84 Å². The second-order valence-corrected chi connectivity index (χ2v) is 7.04. The zero-order chi connectivity index (χ0) is 11.3. The van der Waals surface area contributed by atoms with Gasteiger partial charge in [-0.1, -0.05) is 26.2 Å². The van der Waals surface area contributed by atoms with Crippen LogP contribution in [0.1, 0.15) is 39.0 Å². The summed E-state index contributed by atoms with van der Waals surface area (Å²) in [5.74, 6) is 1.73. The Morgan fingerprint density at radius 2 is 1.80 bits per heavy atom. The second-order valence-electron chi connectivity index (χ2n) is 4.57.